The maximum Gasteiger partial charge on any atom is 0.0527 e. The number of halogens is 1. The molecule has 0 rings (SSSR count). The first-order valence-corrected chi connectivity index (χ1v) is 6.39. The molecule has 0 aliphatic heterocycles. The maximum absolute atomic E-state index is 5.86. The van der Waals surface area contributed by atoms with E-state index >= 15 is 0 Å². The summed E-state index contributed by atoms with van der Waals surface area (Å²) in [5, 5.41) is 0.899. The van der Waals surface area contributed by atoms with Gasteiger partial charge in [0.1, 0.15) is 0 Å². The summed E-state index contributed by atoms with van der Waals surface area (Å²) in [6.07, 6.45) is 0. The third-order valence-electron chi connectivity index (χ3n) is 2.07. The van der Waals surface area contributed by atoms with Crippen molar-refractivity contribution >= 4 is 21.6 Å². The molecule has 0 aromatic heterocycles. The van der Waals surface area contributed by atoms with E-state index in [9.17, 15) is 0 Å². The third kappa shape index (κ3) is 2.38. The lowest BCUT2D eigenvalue weighted by Gasteiger charge is -2.34. The van der Waals surface area contributed by atoms with Gasteiger partial charge in [-0.15, -0.1) is 11.6 Å². The fourth-order valence-electron chi connectivity index (χ4n) is 0.844. The first kappa shape index (κ1) is 9.64. The van der Waals surface area contributed by atoms with Crippen molar-refractivity contribution in [1.82, 2.24) is 0 Å². The van der Waals surface area contributed by atoms with Crippen LogP contribution in [0.1, 0.15) is 20.8 Å². The van der Waals surface area contributed by atoms with Crippen molar-refractivity contribution in [2.75, 3.05) is 22.5 Å². The van der Waals surface area contributed by atoms with Gasteiger partial charge in [-0.25, -0.2) is 10.0 Å². The smallest absolute Gasteiger partial charge is 0.0527 e. The predicted molar refractivity (Wildman–Crippen MR) is 49.9 cm³/mol. The Labute approximate surface area is 65.3 Å². The van der Waals surface area contributed by atoms with E-state index in [1.807, 2.05) is 0 Å². The molecule has 0 bridgehead atoms. The second-order valence-corrected chi connectivity index (χ2v) is 7.25. The van der Waals surface area contributed by atoms with Gasteiger partial charge in [0.25, 0.3) is 0 Å². The Kier molecular flexibility index (Phi) is 4.77. The number of alkyl halides is 1. The highest BCUT2D eigenvalue weighted by molar-refractivity contribution is 8.34. The van der Waals surface area contributed by atoms with Crippen LogP contribution in [0.3, 0.4) is 0 Å². The van der Waals surface area contributed by atoms with E-state index in [4.69, 9.17) is 11.6 Å². The molecule has 0 fully saturated rings. The standard InChI is InChI=1S/C7H17ClS/c1-4-9(5-2,6-3)7-8/h4-7H2,1-3H3. The first-order chi connectivity index (χ1) is 4.24. The van der Waals surface area contributed by atoms with Crippen molar-refractivity contribution < 1.29 is 0 Å². The predicted octanol–water partition coefficient (Wildman–Crippen LogP) is 3.05. The molecule has 0 N–H and O–H groups in total. The summed E-state index contributed by atoms with van der Waals surface area (Å²) in [6.45, 7) is 6.76. The third-order valence-corrected chi connectivity index (χ3v) is 7.59. The summed E-state index contributed by atoms with van der Waals surface area (Å²) in [7, 11) is -0.383. The second kappa shape index (κ2) is 4.45. The van der Waals surface area contributed by atoms with Crippen LogP contribution in [-0.4, -0.2) is 22.5 Å². The zero-order valence-corrected chi connectivity index (χ0v) is 8.19. The van der Waals surface area contributed by atoms with Crippen molar-refractivity contribution in [3.63, 3.8) is 0 Å². The largest absolute Gasteiger partial charge is 0.228 e. The fourth-order valence-corrected chi connectivity index (χ4v) is 3.92. The highest BCUT2D eigenvalue weighted by atomic mass is 35.5. The molecule has 0 saturated carbocycles. The summed E-state index contributed by atoms with van der Waals surface area (Å²) in [5.41, 5.74) is 0. The molecule has 0 saturated heterocycles. The SMILES string of the molecule is CCS(CC)(CC)CCl. The molecule has 0 heterocycles. The number of hydrogen-bond acceptors (Lipinski definition) is 0. The quantitative estimate of drug-likeness (QED) is 0.567. The molecule has 0 spiro atoms. The normalized spacial score (nSPS) is 13.8. The van der Waals surface area contributed by atoms with Crippen molar-refractivity contribution in [2.45, 2.75) is 20.8 Å². The molecule has 58 valence electrons. The van der Waals surface area contributed by atoms with Crippen LogP contribution >= 0.6 is 21.6 Å². The van der Waals surface area contributed by atoms with Crippen LogP contribution in [0, 0.1) is 0 Å². The molecule has 0 amide bonds. The van der Waals surface area contributed by atoms with Gasteiger partial charge in [0.15, 0.2) is 0 Å². The molecular weight excluding hydrogens is 152 g/mol. The Hall–Kier alpha value is 0.640. The first-order valence-electron chi connectivity index (χ1n) is 3.54. The van der Waals surface area contributed by atoms with Gasteiger partial charge in [-0.2, -0.15) is 0 Å². The lowest BCUT2D eigenvalue weighted by atomic mass is 10.9. The highest BCUT2D eigenvalue weighted by Gasteiger charge is 2.14. The zero-order valence-electron chi connectivity index (χ0n) is 6.61. The lowest BCUT2D eigenvalue weighted by Crippen LogP contribution is -2.09. The van der Waals surface area contributed by atoms with Crippen molar-refractivity contribution in [3.8, 4) is 0 Å². The van der Waals surface area contributed by atoms with Crippen LogP contribution < -0.4 is 0 Å². The minimum atomic E-state index is -0.383. The van der Waals surface area contributed by atoms with Crippen LogP contribution in [0.15, 0.2) is 0 Å². The summed E-state index contributed by atoms with van der Waals surface area (Å²) < 4.78 is 0. The van der Waals surface area contributed by atoms with E-state index in [1.165, 1.54) is 17.3 Å². The molecule has 0 atom stereocenters. The van der Waals surface area contributed by atoms with E-state index in [2.05, 4.69) is 20.8 Å². The highest BCUT2D eigenvalue weighted by Crippen LogP contribution is 2.47. The van der Waals surface area contributed by atoms with Gasteiger partial charge >= 0.3 is 0 Å². The van der Waals surface area contributed by atoms with Crippen LogP contribution in [0.4, 0.5) is 0 Å². The zero-order chi connectivity index (χ0) is 7.33. The van der Waals surface area contributed by atoms with E-state index in [0.29, 0.717) is 0 Å². The minimum absolute atomic E-state index is 0.383. The monoisotopic (exact) mass is 168 g/mol. The van der Waals surface area contributed by atoms with Crippen LogP contribution in [0.5, 0.6) is 0 Å². The number of rotatable bonds is 4. The van der Waals surface area contributed by atoms with E-state index in [1.54, 1.807) is 0 Å². The van der Waals surface area contributed by atoms with Crippen molar-refractivity contribution in [2.24, 2.45) is 0 Å². The van der Waals surface area contributed by atoms with Crippen LogP contribution in [0.25, 0.3) is 0 Å². The van der Waals surface area contributed by atoms with Gasteiger partial charge in [0, 0.05) is 0 Å². The Balaban J connectivity index is 3.82. The van der Waals surface area contributed by atoms with Gasteiger partial charge in [-0.1, -0.05) is 20.8 Å². The summed E-state index contributed by atoms with van der Waals surface area (Å²) in [6, 6.07) is 0. The Bertz CT molecular complexity index is 51.8. The van der Waals surface area contributed by atoms with E-state index in [0.717, 1.165) is 5.21 Å². The van der Waals surface area contributed by atoms with Gasteiger partial charge in [0.2, 0.25) is 0 Å². The van der Waals surface area contributed by atoms with E-state index < -0.39 is 0 Å². The van der Waals surface area contributed by atoms with Crippen LogP contribution in [-0.2, 0) is 0 Å². The van der Waals surface area contributed by atoms with Crippen molar-refractivity contribution in [3.05, 3.63) is 0 Å². The second-order valence-electron chi connectivity index (χ2n) is 2.20. The minimum Gasteiger partial charge on any atom is -0.228 e. The van der Waals surface area contributed by atoms with Gasteiger partial charge in [-0.05, 0) is 17.3 Å². The average Bonchev–Trinajstić information content (AvgIpc) is 1.95. The Morgan fingerprint density at radius 2 is 1.33 bits per heavy atom. The molecule has 0 unspecified atom stereocenters. The topological polar surface area (TPSA) is 0 Å². The summed E-state index contributed by atoms with van der Waals surface area (Å²) >= 11 is 5.86. The van der Waals surface area contributed by atoms with Crippen molar-refractivity contribution in [1.29, 1.82) is 0 Å². The molecule has 2 heteroatoms. The Morgan fingerprint density at radius 3 is 1.33 bits per heavy atom. The molecule has 0 aromatic carbocycles. The molecule has 0 radical (unpaired) electrons. The van der Waals surface area contributed by atoms with Gasteiger partial charge in [0.05, 0.1) is 5.21 Å². The maximum atomic E-state index is 5.86. The number of hydrogen-bond donors (Lipinski definition) is 0. The molecule has 0 nitrogen and oxygen atoms in total. The summed E-state index contributed by atoms with van der Waals surface area (Å²) in [5.74, 6) is 3.89. The molecule has 0 aliphatic carbocycles. The van der Waals surface area contributed by atoms with Gasteiger partial charge in [-0.3, -0.25) is 0 Å². The lowest BCUT2D eigenvalue weighted by molar-refractivity contribution is 1.34. The molecule has 0 aliphatic rings. The molecular formula is C7H17ClS. The van der Waals surface area contributed by atoms with Gasteiger partial charge < -0.3 is 0 Å². The molecule has 0 aromatic rings. The van der Waals surface area contributed by atoms with E-state index in [-0.39, 0.29) is 10.0 Å². The van der Waals surface area contributed by atoms with Crippen LogP contribution in [0.2, 0.25) is 0 Å². The Morgan fingerprint density at radius 1 is 1.00 bits per heavy atom. The average molecular weight is 169 g/mol. The fraction of sp³-hybridized carbons (Fsp3) is 1.00. The summed E-state index contributed by atoms with van der Waals surface area (Å²) in [4.78, 5) is 0. The molecule has 9 heavy (non-hydrogen) atoms.